The average Bonchev–Trinajstić information content (AvgIpc) is 2.49. The smallest absolute Gasteiger partial charge is 0.100 e. The number of benzene rings is 2. The van der Waals surface area contributed by atoms with Gasteiger partial charge >= 0.3 is 0 Å². The molecule has 0 radical (unpaired) electrons. The third-order valence-corrected chi connectivity index (χ3v) is 2.52. The summed E-state index contributed by atoms with van der Waals surface area (Å²) in [6.45, 7) is -0.729. The summed E-state index contributed by atoms with van der Waals surface area (Å²) in [6.07, 6.45) is 0.0757. The second-order valence-corrected chi connectivity index (χ2v) is 4.17. The van der Waals surface area contributed by atoms with Crippen LogP contribution in [0.15, 0.2) is 60.7 Å². The zero-order chi connectivity index (χ0) is 13.9. The van der Waals surface area contributed by atoms with Crippen LogP contribution in [0.5, 0.6) is 0 Å². The van der Waals surface area contributed by atoms with Crippen molar-refractivity contribution in [3.63, 3.8) is 0 Å². The Hall–Kier alpha value is -1.68. The Kier molecular flexibility index (Phi) is 7.51. The van der Waals surface area contributed by atoms with E-state index in [1.807, 2.05) is 0 Å². The topological polar surface area (TPSA) is 60.7 Å². The van der Waals surface area contributed by atoms with Gasteiger partial charge < -0.3 is 15.3 Å². The van der Waals surface area contributed by atoms with E-state index in [-0.39, 0.29) is 13.2 Å². The minimum absolute atomic E-state index is 0.365. The lowest BCUT2D eigenvalue weighted by molar-refractivity contribution is 0.0450. The zero-order valence-electron chi connectivity index (χ0n) is 10.8. The Morgan fingerprint density at radius 2 is 1.05 bits per heavy atom. The maximum Gasteiger partial charge on any atom is 0.100 e. The minimum Gasteiger partial charge on any atom is -0.394 e. The lowest BCUT2D eigenvalue weighted by Gasteiger charge is -2.00. The van der Waals surface area contributed by atoms with Gasteiger partial charge in [-0.2, -0.15) is 0 Å². The molecule has 2 aromatic carbocycles. The van der Waals surface area contributed by atoms with Gasteiger partial charge in [0.2, 0.25) is 0 Å². The van der Waals surface area contributed by atoms with E-state index in [9.17, 15) is 0 Å². The number of aliphatic hydroxyl groups is 3. The predicted molar refractivity (Wildman–Crippen MR) is 75.9 cm³/mol. The van der Waals surface area contributed by atoms with Crippen LogP contribution in [0.1, 0.15) is 11.1 Å². The van der Waals surface area contributed by atoms with Gasteiger partial charge in [0, 0.05) is 0 Å². The fraction of sp³-hybridized carbons (Fsp3) is 0.250. The Bertz CT molecular complexity index is 387. The molecule has 2 aromatic rings. The highest BCUT2D eigenvalue weighted by atomic mass is 16.3. The van der Waals surface area contributed by atoms with Crippen molar-refractivity contribution in [1.82, 2.24) is 0 Å². The molecule has 0 spiro atoms. The van der Waals surface area contributed by atoms with Crippen LogP contribution in [0.25, 0.3) is 0 Å². The number of rotatable bonds is 4. The van der Waals surface area contributed by atoms with Gasteiger partial charge in [-0.25, -0.2) is 0 Å². The summed E-state index contributed by atoms with van der Waals surface area (Å²) in [4.78, 5) is 0. The minimum atomic E-state index is -0.954. The molecule has 0 aliphatic heterocycles. The molecule has 2 rings (SSSR count). The average molecular weight is 260 g/mol. The lowest BCUT2D eigenvalue weighted by atomic mass is 10.1. The summed E-state index contributed by atoms with van der Waals surface area (Å²) >= 11 is 0. The van der Waals surface area contributed by atoms with Gasteiger partial charge in [-0.1, -0.05) is 60.7 Å². The molecule has 0 bridgehead atoms. The van der Waals surface area contributed by atoms with Crippen molar-refractivity contribution in [3.8, 4) is 0 Å². The molecule has 19 heavy (non-hydrogen) atoms. The van der Waals surface area contributed by atoms with E-state index in [4.69, 9.17) is 15.3 Å². The molecule has 0 aromatic heterocycles. The molecule has 0 saturated heterocycles. The van der Waals surface area contributed by atoms with E-state index in [1.54, 1.807) is 0 Å². The first-order valence-corrected chi connectivity index (χ1v) is 6.24. The monoisotopic (exact) mass is 260 g/mol. The van der Waals surface area contributed by atoms with Crippen LogP contribution in [0.4, 0.5) is 0 Å². The molecule has 0 aliphatic carbocycles. The van der Waals surface area contributed by atoms with E-state index in [0.717, 1.165) is 6.42 Å². The molecule has 0 amide bonds. The molecule has 3 nitrogen and oxygen atoms in total. The van der Waals surface area contributed by atoms with Crippen LogP contribution >= 0.6 is 0 Å². The molecular weight excluding hydrogens is 240 g/mol. The number of aliphatic hydroxyl groups excluding tert-OH is 3. The van der Waals surface area contributed by atoms with Crippen LogP contribution < -0.4 is 0 Å². The van der Waals surface area contributed by atoms with Crippen LogP contribution in [-0.2, 0) is 6.42 Å². The van der Waals surface area contributed by atoms with Crippen LogP contribution in [0.2, 0.25) is 0 Å². The predicted octanol–water partition coefficient (Wildman–Crippen LogP) is 1.61. The Morgan fingerprint density at radius 3 is 1.32 bits per heavy atom. The first-order valence-electron chi connectivity index (χ1n) is 6.24. The number of hydrogen-bond donors (Lipinski definition) is 3. The Labute approximate surface area is 113 Å². The third kappa shape index (κ3) is 6.72. The second kappa shape index (κ2) is 9.28. The van der Waals surface area contributed by atoms with Gasteiger partial charge in [-0.15, -0.1) is 0 Å². The van der Waals surface area contributed by atoms with Gasteiger partial charge in [-0.05, 0) is 17.5 Å². The van der Waals surface area contributed by atoms with Crippen molar-refractivity contribution < 1.29 is 15.3 Å². The quantitative estimate of drug-likeness (QED) is 0.782. The van der Waals surface area contributed by atoms with E-state index in [2.05, 4.69) is 60.7 Å². The third-order valence-electron chi connectivity index (χ3n) is 2.52. The van der Waals surface area contributed by atoms with E-state index >= 15 is 0 Å². The summed E-state index contributed by atoms with van der Waals surface area (Å²) in [5, 5.41) is 24.0. The second-order valence-electron chi connectivity index (χ2n) is 4.17. The summed E-state index contributed by atoms with van der Waals surface area (Å²) in [6, 6.07) is 21.1. The fourth-order valence-electron chi connectivity index (χ4n) is 1.49. The standard InChI is InChI=1S/C13H12.C3H8O3/c1-3-7-12(8-4-1)11-13-9-5-2-6-10-13;4-1-3(6)2-5/h1-10H,11H2;3-6H,1-2H2. The van der Waals surface area contributed by atoms with E-state index in [0.29, 0.717) is 0 Å². The van der Waals surface area contributed by atoms with Crippen LogP contribution in [0.3, 0.4) is 0 Å². The first kappa shape index (κ1) is 15.4. The highest BCUT2D eigenvalue weighted by Crippen LogP contribution is 2.07. The molecule has 3 heteroatoms. The highest BCUT2D eigenvalue weighted by molar-refractivity contribution is 5.25. The van der Waals surface area contributed by atoms with Crippen molar-refractivity contribution in [3.05, 3.63) is 71.8 Å². The Balaban J connectivity index is 0.000000258. The molecular formula is C16H20O3. The lowest BCUT2D eigenvalue weighted by Crippen LogP contribution is -2.15. The largest absolute Gasteiger partial charge is 0.394 e. The summed E-state index contributed by atoms with van der Waals surface area (Å²) in [5.74, 6) is 0. The van der Waals surface area contributed by atoms with Crippen LogP contribution in [0, 0.1) is 0 Å². The summed E-state index contributed by atoms with van der Waals surface area (Å²) < 4.78 is 0. The van der Waals surface area contributed by atoms with E-state index in [1.165, 1.54) is 11.1 Å². The summed E-state index contributed by atoms with van der Waals surface area (Å²) in [5.41, 5.74) is 2.74. The summed E-state index contributed by atoms with van der Waals surface area (Å²) in [7, 11) is 0. The number of hydrogen-bond acceptors (Lipinski definition) is 3. The SMILES string of the molecule is OCC(O)CO.c1ccc(Cc2ccccc2)cc1. The zero-order valence-corrected chi connectivity index (χ0v) is 10.8. The molecule has 102 valence electrons. The van der Waals surface area contributed by atoms with Gasteiger partial charge in [0.1, 0.15) is 6.10 Å². The highest BCUT2D eigenvalue weighted by Gasteiger charge is 1.94. The van der Waals surface area contributed by atoms with Crippen molar-refractivity contribution in [1.29, 1.82) is 0 Å². The molecule has 0 aliphatic rings. The van der Waals surface area contributed by atoms with E-state index < -0.39 is 6.10 Å². The molecule has 0 unspecified atom stereocenters. The maximum atomic E-state index is 8.17. The fourth-order valence-corrected chi connectivity index (χ4v) is 1.49. The molecule has 3 N–H and O–H groups in total. The van der Waals surface area contributed by atoms with Crippen molar-refractivity contribution >= 4 is 0 Å². The van der Waals surface area contributed by atoms with Crippen LogP contribution in [-0.4, -0.2) is 34.6 Å². The van der Waals surface area contributed by atoms with Gasteiger partial charge in [0.25, 0.3) is 0 Å². The van der Waals surface area contributed by atoms with Gasteiger partial charge in [0.15, 0.2) is 0 Å². The molecule has 0 atom stereocenters. The first-order chi connectivity index (χ1) is 9.26. The Morgan fingerprint density at radius 1 is 0.684 bits per heavy atom. The molecule has 0 fully saturated rings. The van der Waals surface area contributed by atoms with Crippen molar-refractivity contribution in [2.24, 2.45) is 0 Å². The van der Waals surface area contributed by atoms with Gasteiger partial charge in [0.05, 0.1) is 13.2 Å². The van der Waals surface area contributed by atoms with Crippen molar-refractivity contribution in [2.45, 2.75) is 12.5 Å². The normalized spacial score (nSPS) is 9.89. The van der Waals surface area contributed by atoms with Crippen molar-refractivity contribution in [2.75, 3.05) is 13.2 Å². The van der Waals surface area contributed by atoms with Gasteiger partial charge in [-0.3, -0.25) is 0 Å². The molecule has 0 heterocycles. The maximum absolute atomic E-state index is 8.17. The molecule has 0 saturated carbocycles.